The summed E-state index contributed by atoms with van der Waals surface area (Å²) in [6.07, 6.45) is 1.79. The third-order valence-electron chi connectivity index (χ3n) is 11.9. The molecule has 2 aromatic heterocycles. The van der Waals surface area contributed by atoms with Crippen molar-refractivity contribution in [3.8, 4) is 67.5 Å². The Morgan fingerprint density at radius 1 is 0.635 bits per heavy atom. The van der Waals surface area contributed by atoms with E-state index < -0.39 is 12.7 Å². The molecule has 0 aliphatic rings. The van der Waals surface area contributed by atoms with E-state index in [1.165, 1.54) is 0 Å². The van der Waals surface area contributed by atoms with Gasteiger partial charge in [0, 0.05) is 49.7 Å². The number of aryl methyl sites for hydroxylation is 1. The number of rotatable bonds is 7. The van der Waals surface area contributed by atoms with Gasteiger partial charge in [-0.2, -0.15) is 0 Å². The molecule has 0 spiro atoms. The largest absolute Gasteiger partial charge is 0.507 e. The van der Waals surface area contributed by atoms with Crippen LogP contribution in [0.5, 0.6) is 5.75 Å². The van der Waals surface area contributed by atoms with Crippen LogP contribution < -0.4 is 0 Å². The first-order chi connectivity index (χ1) is 30.8. The van der Waals surface area contributed by atoms with E-state index in [9.17, 15) is 6.48 Å². The van der Waals surface area contributed by atoms with Gasteiger partial charge in [-0.3, -0.25) is 9.55 Å². The number of aromatic hydroxyl groups is 1. The van der Waals surface area contributed by atoms with Crippen LogP contribution in [0.2, 0.25) is 0 Å². The Kier molecular flexibility index (Phi) is 11.0. The number of para-hydroxylation sites is 1. The van der Waals surface area contributed by atoms with E-state index in [1.807, 2.05) is 56.3 Å². The maximum Gasteiger partial charge on any atom is 0.148 e. The first-order valence-corrected chi connectivity index (χ1v) is 21.5. The van der Waals surface area contributed by atoms with Gasteiger partial charge in [-0.25, -0.2) is 4.98 Å². The van der Waals surface area contributed by atoms with Crippen molar-refractivity contribution in [3.05, 3.63) is 167 Å². The molecule has 0 saturated heterocycles. The van der Waals surface area contributed by atoms with Crippen molar-refractivity contribution in [3.63, 3.8) is 0 Å². The molecule has 5 heteroatoms. The fourth-order valence-corrected chi connectivity index (χ4v) is 8.23. The van der Waals surface area contributed by atoms with Crippen molar-refractivity contribution < 1.29 is 31.7 Å². The number of pyridine rings is 1. The van der Waals surface area contributed by atoms with Crippen LogP contribution in [-0.4, -0.2) is 19.6 Å². The van der Waals surface area contributed by atoms with Gasteiger partial charge in [0.1, 0.15) is 11.6 Å². The standard InChI is InChI=1S/C58H60N3O.Pt/c1-36(2)48-35-45(25-26-46(48)39-17-14-13-15-18-39)61-52-20-16-19-47(53(52)60-55(61)49-33-44(57(7,8)9)34-50(54(49)62)58(10,11)12)41-29-42(31-43(30-41)56(4,5)6)51-32-40(27-28-59-51)38-23-21-37(3)22-24-38;/h13-28,30-36,62H,1-12H3;/q-1;/i3D3,36D;. The minimum absolute atomic E-state index is 0. The number of hydrogen-bond donors (Lipinski definition) is 1. The zero-order valence-electron chi connectivity index (χ0n) is 42.3. The topological polar surface area (TPSA) is 50.9 Å². The van der Waals surface area contributed by atoms with Gasteiger partial charge in [0.2, 0.25) is 0 Å². The summed E-state index contributed by atoms with van der Waals surface area (Å²) in [7, 11) is 0. The van der Waals surface area contributed by atoms with Gasteiger partial charge < -0.3 is 5.11 Å². The van der Waals surface area contributed by atoms with E-state index in [0.717, 1.165) is 83.6 Å². The number of nitrogens with zero attached hydrogens (tertiary/aromatic N) is 3. The molecule has 0 amide bonds. The number of hydrogen-bond acceptors (Lipinski definition) is 3. The summed E-state index contributed by atoms with van der Waals surface area (Å²) < 4.78 is 35.1. The Morgan fingerprint density at radius 3 is 1.97 bits per heavy atom. The predicted octanol–water partition coefficient (Wildman–Crippen LogP) is 15.6. The van der Waals surface area contributed by atoms with Crippen molar-refractivity contribution >= 4 is 11.0 Å². The first-order valence-electron chi connectivity index (χ1n) is 23.5. The SMILES string of the molecule is [2H]C([2H])([2H])c1ccc(-c2ccnc(-c3[c-]c(-c4cccc5c4nc(-c4cc(C(C)(C)C)cc(C(C)(C)C)c4O)n5-c4ccc(-c5ccccc5)c(C([2H])(C)C)c4)cc(C(C)(C)C)c3)c2)cc1.[Pt]. The molecule has 8 aromatic rings. The fourth-order valence-electron chi connectivity index (χ4n) is 8.23. The second-order valence-electron chi connectivity index (χ2n) is 19.9. The second kappa shape index (κ2) is 17.2. The Morgan fingerprint density at radius 2 is 1.32 bits per heavy atom. The van der Waals surface area contributed by atoms with E-state index in [1.54, 1.807) is 18.3 Å². The molecule has 0 atom stereocenters. The van der Waals surface area contributed by atoms with Crippen LogP contribution in [0.15, 0.2) is 134 Å². The smallest absolute Gasteiger partial charge is 0.148 e. The fraction of sp³-hybridized carbons (Fsp3) is 0.276. The van der Waals surface area contributed by atoms with Crippen LogP contribution in [-0.2, 0) is 37.3 Å². The third-order valence-corrected chi connectivity index (χ3v) is 11.9. The van der Waals surface area contributed by atoms with Gasteiger partial charge >= 0.3 is 0 Å². The molecule has 0 aliphatic heterocycles. The number of benzene rings is 6. The minimum Gasteiger partial charge on any atom is -0.507 e. The molecule has 2 heterocycles. The Balaban J connectivity index is 0.00000666. The zero-order valence-corrected chi connectivity index (χ0v) is 40.6. The van der Waals surface area contributed by atoms with Gasteiger partial charge in [0.15, 0.2) is 0 Å². The maximum atomic E-state index is 12.4. The number of phenolic OH excluding ortho intramolecular Hbond substituents is 1. The van der Waals surface area contributed by atoms with Crippen molar-refractivity contribution in [2.45, 2.75) is 105 Å². The average molecular weight is 1010 g/mol. The maximum absolute atomic E-state index is 12.4. The first kappa shape index (κ1) is 40.2. The van der Waals surface area contributed by atoms with Gasteiger partial charge in [-0.15, -0.1) is 29.3 Å². The number of aromatic nitrogens is 3. The minimum atomic E-state index is -2.18. The average Bonchev–Trinajstić information content (AvgIpc) is 3.64. The molecule has 0 fully saturated rings. The number of phenols is 1. The third kappa shape index (κ3) is 9.11. The van der Waals surface area contributed by atoms with Crippen LogP contribution in [0.25, 0.3) is 72.7 Å². The van der Waals surface area contributed by atoms with Crippen LogP contribution >= 0.6 is 0 Å². The van der Waals surface area contributed by atoms with Crippen LogP contribution in [0.3, 0.4) is 0 Å². The van der Waals surface area contributed by atoms with Crippen LogP contribution in [0.1, 0.15) is 115 Å². The van der Waals surface area contributed by atoms with E-state index in [2.05, 4.69) is 146 Å². The van der Waals surface area contributed by atoms with Gasteiger partial charge in [-0.05, 0) is 92.7 Å². The van der Waals surface area contributed by atoms with E-state index in [4.69, 9.17) is 14.1 Å². The molecule has 63 heavy (non-hydrogen) atoms. The molecule has 4 nitrogen and oxygen atoms in total. The van der Waals surface area contributed by atoms with Crippen molar-refractivity contribution in [2.24, 2.45) is 0 Å². The Hall–Kier alpha value is -5.57. The number of imidazole rings is 1. The molecule has 0 radical (unpaired) electrons. The van der Waals surface area contributed by atoms with E-state index >= 15 is 0 Å². The van der Waals surface area contributed by atoms with Crippen molar-refractivity contribution in [2.75, 3.05) is 0 Å². The molecule has 0 bridgehead atoms. The molecule has 0 unspecified atom stereocenters. The van der Waals surface area contributed by atoms with Gasteiger partial charge in [0.05, 0.1) is 16.6 Å². The molecular formula is C58H60N3OPt-. The quantitative estimate of drug-likeness (QED) is 0.162. The normalized spacial score (nSPS) is 13.5. The zero-order chi connectivity index (χ0) is 47.7. The molecule has 0 saturated carbocycles. The summed E-state index contributed by atoms with van der Waals surface area (Å²) in [6.45, 7) is 21.2. The summed E-state index contributed by atoms with van der Waals surface area (Å²) in [4.78, 5) is 10.4. The molecule has 6 aromatic carbocycles. The van der Waals surface area contributed by atoms with Crippen LogP contribution in [0.4, 0.5) is 0 Å². The molecule has 0 aliphatic carbocycles. The monoisotopic (exact) mass is 1010 g/mol. The second-order valence-corrected chi connectivity index (χ2v) is 19.9. The Bertz CT molecular complexity index is 3110. The summed E-state index contributed by atoms with van der Waals surface area (Å²) in [5.41, 5.74) is 13.5. The summed E-state index contributed by atoms with van der Waals surface area (Å²) in [6, 6.07) is 46.1. The summed E-state index contributed by atoms with van der Waals surface area (Å²) in [5, 5.41) is 12.4. The van der Waals surface area contributed by atoms with Crippen molar-refractivity contribution in [1.82, 2.24) is 14.5 Å². The van der Waals surface area contributed by atoms with E-state index in [-0.39, 0.29) is 43.1 Å². The van der Waals surface area contributed by atoms with Gasteiger partial charge in [0.25, 0.3) is 0 Å². The molecule has 1 N–H and O–H groups in total. The number of fused-ring (bicyclic) bond motifs is 1. The molecule has 8 rings (SSSR count). The summed E-state index contributed by atoms with van der Waals surface area (Å²) in [5.74, 6) is -0.154. The van der Waals surface area contributed by atoms with E-state index in [0.29, 0.717) is 17.0 Å². The predicted molar refractivity (Wildman–Crippen MR) is 261 cm³/mol. The van der Waals surface area contributed by atoms with Crippen LogP contribution in [0, 0.1) is 12.9 Å². The molecular weight excluding hydrogens is 950 g/mol. The van der Waals surface area contributed by atoms with Crippen molar-refractivity contribution in [1.29, 1.82) is 0 Å². The van der Waals surface area contributed by atoms with Gasteiger partial charge in [-0.1, -0.05) is 178 Å². The summed E-state index contributed by atoms with van der Waals surface area (Å²) >= 11 is 0. The molecule has 324 valence electrons. The Labute approximate surface area is 395 Å².